The topological polar surface area (TPSA) is 69.3 Å². The predicted molar refractivity (Wildman–Crippen MR) is 106 cm³/mol. The molecule has 3 aliphatic heterocycles. The lowest BCUT2D eigenvalue weighted by molar-refractivity contribution is 0.0348. The van der Waals surface area contributed by atoms with Crippen molar-refractivity contribution in [1.29, 1.82) is 0 Å². The minimum Gasteiger partial charge on any atom is -0.493 e. The number of fused-ring (bicyclic) bond motifs is 5. The van der Waals surface area contributed by atoms with E-state index in [0.29, 0.717) is 48.3 Å². The molecule has 1 saturated heterocycles. The van der Waals surface area contributed by atoms with Gasteiger partial charge in [-0.2, -0.15) is 0 Å². The maximum absolute atomic E-state index is 13.1. The van der Waals surface area contributed by atoms with Gasteiger partial charge in [0.05, 0.1) is 18.8 Å². The van der Waals surface area contributed by atoms with E-state index in [1.54, 1.807) is 12.0 Å². The number of ether oxygens (including phenoxy) is 4. The van der Waals surface area contributed by atoms with Crippen molar-refractivity contribution in [2.75, 3.05) is 25.2 Å². The third kappa shape index (κ3) is 2.58. The molecule has 0 radical (unpaired) electrons. The molecule has 146 valence electrons. The zero-order valence-corrected chi connectivity index (χ0v) is 17.0. The molecule has 3 heterocycles. The first-order chi connectivity index (χ1) is 13.5. The number of nitrogens with one attached hydrogen (secondary N) is 1. The minimum atomic E-state index is -0.870. The zero-order chi connectivity index (χ0) is 19.5. The third-order valence-corrected chi connectivity index (χ3v) is 5.76. The van der Waals surface area contributed by atoms with Crippen molar-refractivity contribution in [2.45, 2.75) is 25.1 Å². The standard InChI is InChI=1S/C20H19BrN2O5/c1-20-10-14(13-7-11(21)8-17(25-2)18(13)28-20)22-19(24)23(20)12-3-4-15-16(9-12)27-6-5-26-15/h3-4,7-9,14H,5-6,10H2,1-2H3,(H,22,24). The molecule has 8 heteroatoms. The van der Waals surface area contributed by atoms with Gasteiger partial charge in [0.25, 0.3) is 0 Å². The molecule has 28 heavy (non-hydrogen) atoms. The Hall–Kier alpha value is -2.61. The molecule has 0 spiro atoms. The second-order valence-electron chi connectivity index (χ2n) is 7.17. The number of urea groups is 1. The van der Waals surface area contributed by atoms with Crippen LogP contribution in [0.4, 0.5) is 10.5 Å². The monoisotopic (exact) mass is 446 g/mol. The van der Waals surface area contributed by atoms with Gasteiger partial charge in [0.15, 0.2) is 28.7 Å². The Balaban J connectivity index is 1.59. The molecular weight excluding hydrogens is 428 g/mol. The molecule has 1 N–H and O–H groups in total. The number of nitrogens with zero attached hydrogens (tertiary/aromatic N) is 1. The summed E-state index contributed by atoms with van der Waals surface area (Å²) < 4.78 is 24.1. The number of carbonyl (C=O) groups is 1. The van der Waals surface area contributed by atoms with Crippen molar-refractivity contribution in [3.05, 3.63) is 40.4 Å². The number of carbonyl (C=O) groups excluding carboxylic acids is 1. The van der Waals surface area contributed by atoms with Gasteiger partial charge < -0.3 is 24.3 Å². The number of rotatable bonds is 2. The van der Waals surface area contributed by atoms with Gasteiger partial charge in [-0.15, -0.1) is 0 Å². The number of hydrogen-bond donors (Lipinski definition) is 1. The van der Waals surface area contributed by atoms with E-state index < -0.39 is 5.72 Å². The fraction of sp³-hybridized carbons (Fsp3) is 0.350. The van der Waals surface area contributed by atoms with Gasteiger partial charge in [-0.25, -0.2) is 4.79 Å². The SMILES string of the molecule is COc1cc(Br)cc2c1OC1(C)CC2NC(=O)N1c1ccc2c(c1)OCCO2. The summed E-state index contributed by atoms with van der Waals surface area (Å²) in [6, 6.07) is 8.91. The minimum absolute atomic E-state index is 0.166. The molecule has 2 unspecified atom stereocenters. The van der Waals surface area contributed by atoms with Crippen LogP contribution in [0.15, 0.2) is 34.8 Å². The normalized spacial score (nSPS) is 24.8. The molecule has 0 aromatic heterocycles. The number of halogens is 1. The van der Waals surface area contributed by atoms with Crippen LogP contribution in [0, 0.1) is 0 Å². The highest BCUT2D eigenvalue weighted by Gasteiger charge is 2.51. The molecule has 5 rings (SSSR count). The highest BCUT2D eigenvalue weighted by Crippen LogP contribution is 2.50. The second-order valence-corrected chi connectivity index (χ2v) is 8.09. The Morgan fingerprint density at radius 2 is 2.00 bits per heavy atom. The first kappa shape index (κ1) is 17.5. The van der Waals surface area contributed by atoms with Gasteiger partial charge in [-0.1, -0.05) is 15.9 Å². The van der Waals surface area contributed by atoms with Crippen LogP contribution >= 0.6 is 15.9 Å². The number of methoxy groups -OCH3 is 1. The lowest BCUT2D eigenvalue weighted by atomic mass is 9.90. The summed E-state index contributed by atoms with van der Waals surface area (Å²) in [6.45, 7) is 2.92. The molecule has 0 aliphatic carbocycles. The summed E-state index contributed by atoms with van der Waals surface area (Å²) in [5.74, 6) is 2.57. The fourth-order valence-corrected chi connectivity index (χ4v) is 4.57. The summed E-state index contributed by atoms with van der Waals surface area (Å²) in [6.07, 6.45) is 0.597. The van der Waals surface area contributed by atoms with E-state index in [0.717, 1.165) is 10.0 Å². The molecule has 1 fully saturated rings. The van der Waals surface area contributed by atoms with Gasteiger partial charge in [-0.05, 0) is 31.2 Å². The Morgan fingerprint density at radius 3 is 2.79 bits per heavy atom. The average Bonchev–Trinajstić information content (AvgIpc) is 2.67. The van der Waals surface area contributed by atoms with E-state index in [4.69, 9.17) is 18.9 Å². The number of hydrogen-bond acceptors (Lipinski definition) is 5. The molecular formula is C20H19BrN2O5. The van der Waals surface area contributed by atoms with E-state index in [2.05, 4.69) is 21.2 Å². The molecule has 0 saturated carbocycles. The fourth-order valence-electron chi connectivity index (χ4n) is 4.11. The smallest absolute Gasteiger partial charge is 0.325 e. The van der Waals surface area contributed by atoms with Crippen LogP contribution in [0.5, 0.6) is 23.0 Å². The van der Waals surface area contributed by atoms with Crippen molar-refractivity contribution in [2.24, 2.45) is 0 Å². The van der Waals surface area contributed by atoms with Crippen molar-refractivity contribution >= 4 is 27.6 Å². The van der Waals surface area contributed by atoms with Crippen molar-refractivity contribution in [3.63, 3.8) is 0 Å². The lowest BCUT2D eigenvalue weighted by Crippen LogP contribution is -2.65. The van der Waals surface area contributed by atoms with Crippen LogP contribution in [0.25, 0.3) is 0 Å². The second kappa shape index (κ2) is 6.20. The zero-order valence-electron chi connectivity index (χ0n) is 15.5. The van der Waals surface area contributed by atoms with Crippen LogP contribution in [0.3, 0.4) is 0 Å². The Kier molecular flexibility index (Phi) is 3.87. The maximum Gasteiger partial charge on any atom is 0.325 e. The summed E-state index contributed by atoms with van der Waals surface area (Å²) in [7, 11) is 1.61. The van der Waals surface area contributed by atoms with Crippen LogP contribution in [-0.2, 0) is 0 Å². The van der Waals surface area contributed by atoms with E-state index in [-0.39, 0.29) is 12.1 Å². The van der Waals surface area contributed by atoms with Gasteiger partial charge in [0, 0.05) is 22.5 Å². The molecule has 2 aromatic carbocycles. The van der Waals surface area contributed by atoms with Crippen LogP contribution < -0.4 is 29.2 Å². The highest BCUT2D eigenvalue weighted by molar-refractivity contribution is 9.10. The van der Waals surface area contributed by atoms with Crippen molar-refractivity contribution < 1.29 is 23.7 Å². The van der Waals surface area contributed by atoms with Crippen LogP contribution in [0.2, 0.25) is 0 Å². The average molecular weight is 447 g/mol. The Morgan fingerprint density at radius 1 is 1.21 bits per heavy atom. The summed E-state index contributed by atoms with van der Waals surface area (Å²) >= 11 is 3.50. The van der Waals surface area contributed by atoms with Gasteiger partial charge in [-0.3, -0.25) is 4.90 Å². The number of amides is 2. The van der Waals surface area contributed by atoms with Crippen molar-refractivity contribution in [3.8, 4) is 23.0 Å². The first-order valence-electron chi connectivity index (χ1n) is 9.05. The molecule has 3 aliphatic rings. The van der Waals surface area contributed by atoms with Crippen molar-refractivity contribution in [1.82, 2.24) is 5.32 Å². The summed E-state index contributed by atoms with van der Waals surface area (Å²) in [5, 5.41) is 3.09. The van der Waals surface area contributed by atoms with Gasteiger partial charge in [0.1, 0.15) is 13.2 Å². The quantitative estimate of drug-likeness (QED) is 0.754. The first-order valence-corrected chi connectivity index (χ1v) is 9.85. The van der Waals surface area contributed by atoms with E-state index in [9.17, 15) is 4.79 Å². The highest BCUT2D eigenvalue weighted by atomic mass is 79.9. The lowest BCUT2D eigenvalue weighted by Gasteiger charge is -2.50. The maximum atomic E-state index is 13.1. The molecule has 7 nitrogen and oxygen atoms in total. The molecule has 2 amide bonds. The Labute approximate surface area is 170 Å². The predicted octanol–water partition coefficient (Wildman–Crippen LogP) is 4.00. The third-order valence-electron chi connectivity index (χ3n) is 5.31. The summed E-state index contributed by atoms with van der Waals surface area (Å²) in [4.78, 5) is 14.7. The molecule has 2 bridgehead atoms. The number of benzene rings is 2. The largest absolute Gasteiger partial charge is 0.493 e. The molecule has 2 aromatic rings. The number of anilines is 1. The van der Waals surface area contributed by atoms with E-state index in [1.165, 1.54) is 0 Å². The van der Waals surface area contributed by atoms with Gasteiger partial charge >= 0.3 is 6.03 Å². The Bertz CT molecular complexity index is 981. The van der Waals surface area contributed by atoms with Gasteiger partial charge in [0.2, 0.25) is 0 Å². The van der Waals surface area contributed by atoms with E-state index in [1.807, 2.05) is 37.3 Å². The molecule has 2 atom stereocenters. The van der Waals surface area contributed by atoms with E-state index >= 15 is 0 Å². The summed E-state index contributed by atoms with van der Waals surface area (Å²) in [5.41, 5.74) is 0.714. The van der Waals surface area contributed by atoms with Crippen LogP contribution in [0.1, 0.15) is 24.9 Å². The van der Waals surface area contributed by atoms with Crippen LogP contribution in [-0.4, -0.2) is 32.1 Å².